The van der Waals surface area contributed by atoms with Crippen LogP contribution in [0.4, 0.5) is 0 Å². The van der Waals surface area contributed by atoms with E-state index in [1.165, 1.54) is 27.8 Å². The molecular weight excluding hydrogens is 240 g/mol. The van der Waals surface area contributed by atoms with Crippen molar-refractivity contribution in [3.63, 3.8) is 0 Å². The summed E-state index contributed by atoms with van der Waals surface area (Å²) in [5.74, 6) is 0. The maximum absolute atomic E-state index is 3.86. The molecule has 0 nitrogen and oxygen atoms in total. The van der Waals surface area contributed by atoms with Gasteiger partial charge in [-0.15, -0.1) is 0 Å². The Labute approximate surface area is 122 Å². The second kappa shape index (κ2) is 6.91. The average Bonchev–Trinajstić information content (AvgIpc) is 2.52. The van der Waals surface area contributed by atoms with E-state index < -0.39 is 0 Å². The quantitative estimate of drug-likeness (QED) is 0.613. The Morgan fingerprint density at radius 2 is 1.55 bits per heavy atom. The lowest BCUT2D eigenvalue weighted by molar-refractivity contribution is 1.04. The van der Waals surface area contributed by atoms with Crippen LogP contribution in [-0.4, -0.2) is 0 Å². The molecule has 0 saturated heterocycles. The Bertz CT molecular complexity index is 618. The van der Waals surface area contributed by atoms with Crippen LogP contribution in [0, 0.1) is 0 Å². The Morgan fingerprint density at radius 3 is 2.20 bits per heavy atom. The minimum absolute atomic E-state index is 1.09. The summed E-state index contributed by atoms with van der Waals surface area (Å²) in [7, 11) is 0. The van der Waals surface area contributed by atoms with Gasteiger partial charge in [0, 0.05) is 0 Å². The first kappa shape index (κ1) is 14.3. The molecule has 0 unspecified atom stereocenters. The van der Waals surface area contributed by atoms with E-state index in [9.17, 15) is 0 Å². The molecule has 20 heavy (non-hydrogen) atoms. The molecule has 0 fully saturated rings. The van der Waals surface area contributed by atoms with E-state index in [0.29, 0.717) is 0 Å². The molecule has 2 aromatic rings. The van der Waals surface area contributed by atoms with Crippen LogP contribution < -0.4 is 0 Å². The fraction of sp³-hybridized carbons (Fsp3) is 0.200. The Hall–Kier alpha value is -2.08. The van der Waals surface area contributed by atoms with Crippen molar-refractivity contribution >= 4 is 18.2 Å². The van der Waals surface area contributed by atoms with Gasteiger partial charge in [0.1, 0.15) is 0 Å². The van der Waals surface area contributed by atoms with Gasteiger partial charge < -0.3 is 0 Å². The van der Waals surface area contributed by atoms with E-state index in [2.05, 4.69) is 69.0 Å². The molecule has 102 valence electrons. The number of benzene rings is 2. The number of hydrogen-bond donors (Lipinski definition) is 0. The smallest absolute Gasteiger partial charge is 0.0184 e. The number of aryl methyl sites for hydroxylation is 2. The van der Waals surface area contributed by atoms with Crippen molar-refractivity contribution in [1.82, 2.24) is 0 Å². The van der Waals surface area contributed by atoms with Crippen molar-refractivity contribution < 1.29 is 0 Å². The fourth-order valence-corrected chi connectivity index (χ4v) is 2.46. The number of hydrogen-bond acceptors (Lipinski definition) is 0. The zero-order chi connectivity index (χ0) is 14.4. The van der Waals surface area contributed by atoms with Gasteiger partial charge in [-0.25, -0.2) is 0 Å². The third-order valence-electron chi connectivity index (χ3n) is 3.66. The van der Waals surface area contributed by atoms with Crippen molar-refractivity contribution in [2.24, 2.45) is 0 Å². The first-order valence-corrected chi connectivity index (χ1v) is 7.29. The van der Waals surface area contributed by atoms with Crippen LogP contribution in [0.5, 0.6) is 0 Å². The summed E-state index contributed by atoms with van der Waals surface area (Å²) in [6.07, 6.45) is 8.44. The van der Waals surface area contributed by atoms with Gasteiger partial charge in [0.15, 0.2) is 0 Å². The van der Waals surface area contributed by atoms with Crippen LogP contribution in [-0.2, 0) is 12.8 Å². The SMILES string of the molecule is C=Cc1ccccc1/C=C\c1ccc(CC)c(CC)c1. The zero-order valence-electron chi connectivity index (χ0n) is 12.4. The predicted molar refractivity (Wildman–Crippen MR) is 90.7 cm³/mol. The molecule has 0 spiro atoms. The molecule has 0 atom stereocenters. The van der Waals surface area contributed by atoms with Gasteiger partial charge in [0.05, 0.1) is 0 Å². The lowest BCUT2D eigenvalue weighted by atomic mass is 9.99. The topological polar surface area (TPSA) is 0 Å². The van der Waals surface area contributed by atoms with Gasteiger partial charge >= 0.3 is 0 Å². The molecule has 0 aliphatic rings. The molecule has 0 amide bonds. The second-order valence-electron chi connectivity index (χ2n) is 4.90. The molecule has 0 saturated carbocycles. The van der Waals surface area contributed by atoms with Gasteiger partial charge in [-0.1, -0.05) is 81.1 Å². The van der Waals surface area contributed by atoms with Crippen LogP contribution in [0.15, 0.2) is 49.0 Å². The maximum atomic E-state index is 3.86. The third-order valence-corrected chi connectivity index (χ3v) is 3.66. The Morgan fingerprint density at radius 1 is 0.850 bits per heavy atom. The maximum Gasteiger partial charge on any atom is -0.0184 e. The highest BCUT2D eigenvalue weighted by molar-refractivity contribution is 5.75. The third kappa shape index (κ3) is 3.27. The molecule has 0 aromatic heterocycles. The highest BCUT2D eigenvalue weighted by Crippen LogP contribution is 2.17. The fourth-order valence-electron chi connectivity index (χ4n) is 2.46. The standard InChI is InChI=1S/C20H22/c1-4-17-9-7-8-10-20(17)14-12-16-11-13-18(5-2)19(6-3)15-16/h4,7-15H,1,5-6H2,2-3H3/b14-12-. The summed E-state index contributed by atoms with van der Waals surface area (Å²) < 4.78 is 0. The molecule has 0 heteroatoms. The van der Waals surface area contributed by atoms with Crippen LogP contribution in [0.25, 0.3) is 18.2 Å². The van der Waals surface area contributed by atoms with Gasteiger partial charge in [0.25, 0.3) is 0 Å². The van der Waals surface area contributed by atoms with Crippen molar-refractivity contribution in [2.75, 3.05) is 0 Å². The van der Waals surface area contributed by atoms with Crippen LogP contribution >= 0.6 is 0 Å². The van der Waals surface area contributed by atoms with Crippen molar-refractivity contribution in [3.8, 4) is 0 Å². The molecule has 2 rings (SSSR count). The molecule has 2 aromatic carbocycles. The molecule has 0 bridgehead atoms. The summed E-state index contributed by atoms with van der Waals surface area (Å²) in [5.41, 5.74) is 6.55. The molecule has 0 N–H and O–H groups in total. The monoisotopic (exact) mass is 262 g/mol. The summed E-state index contributed by atoms with van der Waals surface area (Å²) in [6, 6.07) is 15.1. The van der Waals surface area contributed by atoms with Gasteiger partial charge in [-0.2, -0.15) is 0 Å². The molecule has 0 heterocycles. The summed E-state index contributed by atoms with van der Waals surface area (Å²) in [6.45, 7) is 8.29. The van der Waals surface area contributed by atoms with Crippen LogP contribution in [0.3, 0.4) is 0 Å². The van der Waals surface area contributed by atoms with Crippen molar-refractivity contribution in [2.45, 2.75) is 26.7 Å². The van der Waals surface area contributed by atoms with Crippen LogP contribution in [0.1, 0.15) is 41.7 Å². The van der Waals surface area contributed by atoms with Crippen molar-refractivity contribution in [3.05, 3.63) is 76.9 Å². The molecule has 0 aliphatic carbocycles. The van der Waals surface area contributed by atoms with Gasteiger partial charge in [-0.05, 0) is 40.7 Å². The van der Waals surface area contributed by atoms with Crippen LogP contribution in [0.2, 0.25) is 0 Å². The normalized spacial score (nSPS) is 10.9. The number of rotatable bonds is 5. The highest BCUT2D eigenvalue weighted by Gasteiger charge is 1.99. The minimum Gasteiger partial charge on any atom is -0.0984 e. The average molecular weight is 262 g/mol. The Balaban J connectivity index is 2.29. The summed E-state index contributed by atoms with van der Waals surface area (Å²) in [4.78, 5) is 0. The lowest BCUT2D eigenvalue weighted by Gasteiger charge is -2.07. The minimum atomic E-state index is 1.09. The summed E-state index contributed by atoms with van der Waals surface area (Å²) >= 11 is 0. The van der Waals surface area contributed by atoms with E-state index >= 15 is 0 Å². The molecule has 0 aliphatic heterocycles. The van der Waals surface area contributed by atoms with Gasteiger partial charge in [0.2, 0.25) is 0 Å². The van der Waals surface area contributed by atoms with E-state index in [1.807, 2.05) is 12.1 Å². The summed E-state index contributed by atoms with van der Waals surface area (Å²) in [5, 5.41) is 0. The zero-order valence-corrected chi connectivity index (χ0v) is 12.4. The lowest BCUT2D eigenvalue weighted by Crippen LogP contribution is -1.91. The predicted octanol–water partition coefficient (Wildman–Crippen LogP) is 5.62. The van der Waals surface area contributed by atoms with E-state index in [0.717, 1.165) is 12.8 Å². The first-order chi connectivity index (χ1) is 9.78. The largest absolute Gasteiger partial charge is 0.0984 e. The van der Waals surface area contributed by atoms with Crippen molar-refractivity contribution in [1.29, 1.82) is 0 Å². The van der Waals surface area contributed by atoms with E-state index in [4.69, 9.17) is 0 Å². The first-order valence-electron chi connectivity index (χ1n) is 7.29. The Kier molecular flexibility index (Phi) is 4.95. The van der Waals surface area contributed by atoms with E-state index in [-0.39, 0.29) is 0 Å². The van der Waals surface area contributed by atoms with Gasteiger partial charge in [-0.3, -0.25) is 0 Å². The second-order valence-corrected chi connectivity index (χ2v) is 4.90. The molecule has 0 radical (unpaired) electrons. The highest BCUT2D eigenvalue weighted by atomic mass is 14.0. The molecular formula is C20H22. The van der Waals surface area contributed by atoms with E-state index in [1.54, 1.807) is 0 Å².